The fourth-order valence-electron chi connectivity index (χ4n) is 4.49. The number of hydrogen-bond donors (Lipinski definition) is 1. The summed E-state index contributed by atoms with van der Waals surface area (Å²) >= 11 is 0. The van der Waals surface area contributed by atoms with Gasteiger partial charge in [-0.1, -0.05) is 25.3 Å². The first-order valence-corrected chi connectivity index (χ1v) is 11.7. The van der Waals surface area contributed by atoms with Crippen LogP contribution >= 0.6 is 0 Å². The molecule has 0 radical (unpaired) electrons. The van der Waals surface area contributed by atoms with Crippen molar-refractivity contribution in [2.45, 2.75) is 56.9 Å². The summed E-state index contributed by atoms with van der Waals surface area (Å²) in [7, 11) is -0.526. The quantitative estimate of drug-likeness (QED) is 0.814. The van der Waals surface area contributed by atoms with Crippen LogP contribution in [0.4, 0.5) is 5.69 Å². The van der Waals surface area contributed by atoms with E-state index < -0.39 is 10.0 Å². The highest BCUT2D eigenvalue weighted by Gasteiger charge is 2.34. The number of amides is 1. The molecule has 0 bridgehead atoms. The van der Waals surface area contributed by atoms with Crippen LogP contribution in [0.25, 0.3) is 0 Å². The zero-order valence-electron chi connectivity index (χ0n) is 17.4. The number of nitrogens with zero attached hydrogens (tertiary/aromatic N) is 2. The van der Waals surface area contributed by atoms with Crippen molar-refractivity contribution in [1.82, 2.24) is 9.21 Å². The Kier molecular flexibility index (Phi) is 6.47. The number of nitrogens with one attached hydrogen (secondary N) is 1. The van der Waals surface area contributed by atoms with Gasteiger partial charge in [-0.25, -0.2) is 12.7 Å². The van der Waals surface area contributed by atoms with E-state index in [4.69, 9.17) is 0 Å². The summed E-state index contributed by atoms with van der Waals surface area (Å²) in [6.07, 6.45) is 6.45. The molecular formula is C21H33N3O3S. The number of piperidine rings is 1. The van der Waals surface area contributed by atoms with Crippen molar-refractivity contribution in [1.29, 1.82) is 0 Å². The molecule has 2 aliphatic rings. The average Bonchev–Trinajstić information content (AvgIpc) is 2.68. The van der Waals surface area contributed by atoms with Crippen molar-refractivity contribution in [3.8, 4) is 0 Å². The molecule has 28 heavy (non-hydrogen) atoms. The minimum atomic E-state index is -3.53. The molecule has 0 unspecified atom stereocenters. The smallest absolute Gasteiger partial charge is 0.242 e. The zero-order valence-corrected chi connectivity index (χ0v) is 18.3. The van der Waals surface area contributed by atoms with Gasteiger partial charge >= 0.3 is 0 Å². The monoisotopic (exact) mass is 407 g/mol. The number of rotatable bonds is 5. The van der Waals surface area contributed by atoms with Crippen molar-refractivity contribution >= 4 is 21.6 Å². The lowest BCUT2D eigenvalue weighted by Crippen LogP contribution is -2.50. The van der Waals surface area contributed by atoms with Gasteiger partial charge in [0.1, 0.15) is 0 Å². The van der Waals surface area contributed by atoms with E-state index in [1.807, 2.05) is 13.8 Å². The molecule has 1 aromatic rings. The number of likely N-dealkylation sites (tertiary alicyclic amines) is 1. The topological polar surface area (TPSA) is 69.7 Å². The van der Waals surface area contributed by atoms with Crippen molar-refractivity contribution < 1.29 is 13.2 Å². The molecule has 1 aromatic carbocycles. The minimum Gasteiger partial charge on any atom is -0.324 e. The molecule has 1 amide bonds. The molecule has 1 aliphatic carbocycles. The molecule has 1 saturated carbocycles. The second kappa shape index (κ2) is 8.51. The van der Waals surface area contributed by atoms with E-state index in [1.165, 1.54) is 50.5 Å². The Morgan fingerprint density at radius 2 is 1.86 bits per heavy atom. The standard InChI is InChI=1S/C21H33N3O3S/c1-15-9-10-19(28(26,27)23(3)4)13-20(15)22-21(25)16(2)24-12-11-17-7-5-6-8-18(17)14-24/h9-10,13,16-18H,5-8,11-12,14H2,1-4H3,(H,22,25)/t16-,17-,18+/m0/s1. The molecule has 1 N–H and O–H groups in total. The van der Waals surface area contributed by atoms with Crippen LogP contribution in [-0.4, -0.2) is 56.8 Å². The fraction of sp³-hybridized carbons (Fsp3) is 0.667. The molecule has 7 heteroatoms. The number of benzene rings is 1. The maximum atomic E-state index is 12.9. The molecule has 1 saturated heterocycles. The van der Waals surface area contributed by atoms with Crippen LogP contribution < -0.4 is 5.32 Å². The van der Waals surface area contributed by atoms with Gasteiger partial charge < -0.3 is 5.32 Å². The number of aryl methyl sites for hydroxylation is 1. The van der Waals surface area contributed by atoms with Crippen molar-refractivity contribution in [2.75, 3.05) is 32.5 Å². The van der Waals surface area contributed by atoms with Gasteiger partial charge in [-0.15, -0.1) is 0 Å². The molecule has 1 aliphatic heterocycles. The Labute approximate surface area is 169 Å². The predicted octanol–water partition coefficient (Wildman–Crippen LogP) is 3.08. The summed E-state index contributed by atoms with van der Waals surface area (Å²) in [6, 6.07) is 4.65. The molecule has 1 heterocycles. The molecule has 2 fully saturated rings. The zero-order chi connectivity index (χ0) is 20.5. The highest BCUT2D eigenvalue weighted by Crippen LogP contribution is 2.36. The summed E-state index contributed by atoms with van der Waals surface area (Å²) in [5.41, 5.74) is 1.41. The van der Waals surface area contributed by atoms with Crippen molar-refractivity contribution in [3.63, 3.8) is 0 Å². The number of sulfonamides is 1. The first-order chi connectivity index (χ1) is 13.2. The van der Waals surface area contributed by atoms with Gasteiger partial charge in [0.15, 0.2) is 0 Å². The number of hydrogen-bond acceptors (Lipinski definition) is 4. The van der Waals surface area contributed by atoms with Crippen molar-refractivity contribution in [3.05, 3.63) is 23.8 Å². The number of anilines is 1. The molecule has 0 spiro atoms. The lowest BCUT2D eigenvalue weighted by molar-refractivity contribution is -0.122. The second-order valence-corrected chi connectivity index (χ2v) is 10.7. The van der Waals surface area contributed by atoms with Gasteiger partial charge in [0.2, 0.25) is 15.9 Å². The lowest BCUT2D eigenvalue weighted by Gasteiger charge is -2.43. The Morgan fingerprint density at radius 3 is 2.54 bits per heavy atom. The summed E-state index contributed by atoms with van der Waals surface area (Å²) in [6.45, 7) is 5.78. The van der Waals surface area contributed by atoms with E-state index in [9.17, 15) is 13.2 Å². The van der Waals surface area contributed by atoms with Crippen LogP contribution in [0, 0.1) is 18.8 Å². The van der Waals surface area contributed by atoms with Gasteiger partial charge in [-0.05, 0) is 62.8 Å². The summed E-state index contributed by atoms with van der Waals surface area (Å²) < 4.78 is 26.0. The molecule has 0 aromatic heterocycles. The van der Waals surface area contributed by atoms with E-state index in [-0.39, 0.29) is 16.8 Å². The largest absolute Gasteiger partial charge is 0.324 e. The van der Waals surface area contributed by atoms with Crippen LogP contribution in [0.1, 0.15) is 44.6 Å². The second-order valence-electron chi connectivity index (χ2n) is 8.52. The Bertz CT molecular complexity index is 822. The number of fused-ring (bicyclic) bond motifs is 1. The maximum absolute atomic E-state index is 12.9. The summed E-state index contributed by atoms with van der Waals surface area (Å²) in [5, 5.41) is 2.97. The van der Waals surface area contributed by atoms with E-state index in [0.29, 0.717) is 11.6 Å². The van der Waals surface area contributed by atoms with Crippen molar-refractivity contribution in [2.24, 2.45) is 11.8 Å². The minimum absolute atomic E-state index is 0.0724. The molecular weight excluding hydrogens is 374 g/mol. The van der Waals surface area contributed by atoms with Crippen LogP contribution in [0.3, 0.4) is 0 Å². The van der Waals surface area contributed by atoms with E-state index in [1.54, 1.807) is 18.2 Å². The SMILES string of the molecule is Cc1ccc(S(=O)(=O)N(C)C)cc1NC(=O)[C@H](C)N1CC[C@@H]2CCCC[C@@H]2C1. The maximum Gasteiger partial charge on any atom is 0.242 e. The third-order valence-corrected chi connectivity index (χ3v) is 8.31. The Hall–Kier alpha value is -1.44. The van der Waals surface area contributed by atoms with E-state index in [0.717, 1.165) is 24.6 Å². The molecule has 3 rings (SSSR count). The lowest BCUT2D eigenvalue weighted by atomic mass is 9.75. The molecule has 6 nitrogen and oxygen atoms in total. The van der Waals surface area contributed by atoms with Crippen LogP contribution in [0.15, 0.2) is 23.1 Å². The summed E-state index contributed by atoms with van der Waals surface area (Å²) in [5.74, 6) is 1.47. The predicted molar refractivity (Wildman–Crippen MR) is 112 cm³/mol. The summed E-state index contributed by atoms with van der Waals surface area (Å²) in [4.78, 5) is 15.4. The highest BCUT2D eigenvalue weighted by molar-refractivity contribution is 7.89. The first kappa shape index (κ1) is 21.3. The highest BCUT2D eigenvalue weighted by atomic mass is 32.2. The number of carbonyl (C=O) groups is 1. The van der Waals surface area contributed by atoms with Gasteiger partial charge in [0.05, 0.1) is 10.9 Å². The normalized spacial score (nSPS) is 24.6. The van der Waals surface area contributed by atoms with E-state index in [2.05, 4.69) is 10.2 Å². The van der Waals surface area contributed by atoms with Crippen LogP contribution in [-0.2, 0) is 14.8 Å². The first-order valence-electron chi connectivity index (χ1n) is 10.3. The molecule has 156 valence electrons. The Morgan fingerprint density at radius 1 is 1.18 bits per heavy atom. The van der Waals surface area contributed by atoms with E-state index >= 15 is 0 Å². The third-order valence-electron chi connectivity index (χ3n) is 6.50. The van der Waals surface area contributed by atoms with Gasteiger partial charge in [0.25, 0.3) is 0 Å². The fourth-order valence-corrected chi connectivity index (χ4v) is 5.42. The third kappa shape index (κ3) is 4.42. The van der Waals surface area contributed by atoms with Gasteiger partial charge in [-0.2, -0.15) is 0 Å². The van der Waals surface area contributed by atoms with Crippen LogP contribution in [0.2, 0.25) is 0 Å². The number of carbonyl (C=O) groups excluding carboxylic acids is 1. The van der Waals surface area contributed by atoms with Gasteiger partial charge in [0, 0.05) is 26.3 Å². The molecule has 3 atom stereocenters. The Balaban J connectivity index is 1.70. The van der Waals surface area contributed by atoms with Crippen LogP contribution in [0.5, 0.6) is 0 Å². The van der Waals surface area contributed by atoms with Gasteiger partial charge in [-0.3, -0.25) is 9.69 Å². The average molecular weight is 408 g/mol.